The minimum atomic E-state index is -0.333. The number of hydrogen-bond acceptors (Lipinski definition) is 5. The molecule has 0 saturated heterocycles. The lowest BCUT2D eigenvalue weighted by Gasteiger charge is -2.10. The van der Waals surface area contributed by atoms with Crippen molar-refractivity contribution in [2.24, 2.45) is 0 Å². The van der Waals surface area contributed by atoms with Gasteiger partial charge >= 0.3 is 0 Å². The van der Waals surface area contributed by atoms with Crippen LogP contribution in [0.15, 0.2) is 42.6 Å². The number of nitrogens with zero attached hydrogens (tertiary/aromatic N) is 2. The van der Waals surface area contributed by atoms with Crippen molar-refractivity contribution < 1.29 is 9.59 Å². The van der Waals surface area contributed by atoms with E-state index in [2.05, 4.69) is 15.6 Å². The molecule has 2 amide bonds. The number of nitrogens with one attached hydrogen (secondary N) is 2. The molecule has 1 heterocycles. The third-order valence-corrected chi connectivity index (χ3v) is 3.31. The predicted molar refractivity (Wildman–Crippen MR) is 93.9 cm³/mol. The maximum Gasteiger partial charge on any atom is 0.269 e. The first kappa shape index (κ1) is 17.4. The highest BCUT2D eigenvalue weighted by molar-refractivity contribution is 6.05. The zero-order valence-electron chi connectivity index (χ0n) is 13.7. The van der Waals surface area contributed by atoms with E-state index >= 15 is 0 Å². The van der Waals surface area contributed by atoms with Gasteiger partial charge in [-0.2, -0.15) is 0 Å². The second-order valence-electron chi connectivity index (χ2n) is 5.53. The Morgan fingerprint density at radius 1 is 1.12 bits per heavy atom. The van der Waals surface area contributed by atoms with Crippen LogP contribution in [0.3, 0.4) is 0 Å². The first-order valence-corrected chi connectivity index (χ1v) is 7.52. The minimum Gasteiger partial charge on any atom is -0.397 e. The summed E-state index contributed by atoms with van der Waals surface area (Å²) in [4.78, 5) is 30.1. The predicted octanol–water partition coefficient (Wildman–Crippen LogP) is 1.21. The summed E-state index contributed by atoms with van der Waals surface area (Å²) in [7, 11) is 3.86. The van der Waals surface area contributed by atoms with Crippen LogP contribution in [-0.4, -0.2) is 48.9 Å². The second kappa shape index (κ2) is 8.07. The van der Waals surface area contributed by atoms with Gasteiger partial charge in [-0.1, -0.05) is 12.1 Å². The van der Waals surface area contributed by atoms with Gasteiger partial charge in [-0.15, -0.1) is 0 Å². The van der Waals surface area contributed by atoms with Crippen molar-refractivity contribution in [3.63, 3.8) is 0 Å². The Hall–Kier alpha value is -2.93. The Balaban J connectivity index is 1.97. The molecule has 0 aliphatic rings. The summed E-state index contributed by atoms with van der Waals surface area (Å²) in [6, 6.07) is 10.1. The Morgan fingerprint density at radius 2 is 1.88 bits per heavy atom. The molecule has 1 aromatic carbocycles. The molecule has 126 valence electrons. The third kappa shape index (κ3) is 4.79. The summed E-state index contributed by atoms with van der Waals surface area (Å²) >= 11 is 0. The third-order valence-electron chi connectivity index (χ3n) is 3.31. The molecule has 0 saturated carbocycles. The molecule has 1 aromatic heterocycles. The standard InChI is InChI=1S/C17H21N5O2/c1-22(2)10-9-19-17(24)15-8-7-12(11-20-15)16(23)21-14-6-4-3-5-13(14)18/h3-8,11H,9-10,18H2,1-2H3,(H,19,24)(H,21,23). The van der Waals surface area contributed by atoms with Crippen molar-refractivity contribution in [2.75, 3.05) is 38.2 Å². The van der Waals surface area contributed by atoms with E-state index in [0.29, 0.717) is 23.5 Å². The highest BCUT2D eigenvalue weighted by Gasteiger charge is 2.11. The lowest BCUT2D eigenvalue weighted by atomic mass is 10.2. The van der Waals surface area contributed by atoms with E-state index < -0.39 is 0 Å². The van der Waals surface area contributed by atoms with Crippen molar-refractivity contribution in [3.05, 3.63) is 53.9 Å². The largest absolute Gasteiger partial charge is 0.397 e. The van der Waals surface area contributed by atoms with Crippen LogP contribution in [0.2, 0.25) is 0 Å². The van der Waals surface area contributed by atoms with Gasteiger partial charge in [0.25, 0.3) is 11.8 Å². The number of rotatable bonds is 6. The SMILES string of the molecule is CN(C)CCNC(=O)c1ccc(C(=O)Nc2ccccc2N)cn1. The topological polar surface area (TPSA) is 100 Å². The second-order valence-corrected chi connectivity index (χ2v) is 5.53. The zero-order valence-corrected chi connectivity index (χ0v) is 13.7. The van der Waals surface area contributed by atoms with E-state index in [1.54, 1.807) is 30.3 Å². The van der Waals surface area contributed by atoms with Crippen LogP contribution in [0.5, 0.6) is 0 Å². The molecule has 7 nitrogen and oxygen atoms in total. The summed E-state index contributed by atoms with van der Waals surface area (Å²) in [5, 5.41) is 5.48. The van der Waals surface area contributed by atoms with E-state index in [4.69, 9.17) is 5.73 Å². The number of likely N-dealkylation sites (N-methyl/N-ethyl adjacent to an activating group) is 1. The van der Waals surface area contributed by atoms with Crippen molar-refractivity contribution >= 4 is 23.2 Å². The molecule has 0 spiro atoms. The van der Waals surface area contributed by atoms with Crippen LogP contribution in [0.4, 0.5) is 11.4 Å². The van der Waals surface area contributed by atoms with Crippen LogP contribution in [0.1, 0.15) is 20.8 Å². The van der Waals surface area contributed by atoms with Crippen LogP contribution in [0.25, 0.3) is 0 Å². The maximum atomic E-state index is 12.2. The molecule has 0 radical (unpaired) electrons. The van der Waals surface area contributed by atoms with Crippen LogP contribution in [-0.2, 0) is 0 Å². The van der Waals surface area contributed by atoms with Crippen LogP contribution < -0.4 is 16.4 Å². The van der Waals surface area contributed by atoms with Gasteiger partial charge in [-0.3, -0.25) is 14.6 Å². The molecule has 0 atom stereocenters. The first-order chi connectivity index (χ1) is 11.5. The fourth-order valence-electron chi connectivity index (χ4n) is 1.95. The summed E-state index contributed by atoms with van der Waals surface area (Å²) in [6.07, 6.45) is 1.37. The lowest BCUT2D eigenvalue weighted by Crippen LogP contribution is -2.31. The van der Waals surface area contributed by atoms with Crippen LogP contribution in [0, 0.1) is 0 Å². The van der Waals surface area contributed by atoms with Crippen molar-refractivity contribution in [2.45, 2.75) is 0 Å². The molecule has 0 fully saturated rings. The highest BCUT2D eigenvalue weighted by Crippen LogP contribution is 2.17. The Kier molecular flexibility index (Phi) is 5.86. The van der Waals surface area contributed by atoms with E-state index in [1.165, 1.54) is 12.3 Å². The van der Waals surface area contributed by atoms with E-state index in [-0.39, 0.29) is 17.5 Å². The van der Waals surface area contributed by atoms with Gasteiger partial charge in [0, 0.05) is 19.3 Å². The number of nitrogens with two attached hydrogens (primary N) is 1. The monoisotopic (exact) mass is 327 g/mol. The van der Waals surface area contributed by atoms with Gasteiger partial charge in [0.05, 0.1) is 16.9 Å². The quantitative estimate of drug-likeness (QED) is 0.692. The maximum absolute atomic E-state index is 12.2. The number of carbonyl (C=O) groups excluding carboxylic acids is 2. The van der Waals surface area contributed by atoms with Gasteiger partial charge in [0.15, 0.2) is 0 Å². The molecule has 7 heteroatoms. The van der Waals surface area contributed by atoms with Crippen molar-refractivity contribution in [1.29, 1.82) is 0 Å². The zero-order chi connectivity index (χ0) is 17.5. The fraction of sp³-hybridized carbons (Fsp3) is 0.235. The van der Waals surface area contributed by atoms with E-state index in [1.807, 2.05) is 19.0 Å². The van der Waals surface area contributed by atoms with E-state index in [0.717, 1.165) is 6.54 Å². The Bertz CT molecular complexity index is 713. The van der Waals surface area contributed by atoms with Gasteiger partial charge < -0.3 is 21.3 Å². The number of pyridine rings is 1. The number of benzene rings is 1. The number of aromatic nitrogens is 1. The summed E-state index contributed by atoms with van der Waals surface area (Å²) < 4.78 is 0. The van der Waals surface area contributed by atoms with Gasteiger partial charge in [0.1, 0.15) is 5.69 Å². The average Bonchev–Trinajstić information content (AvgIpc) is 2.56. The first-order valence-electron chi connectivity index (χ1n) is 7.52. The molecule has 2 aromatic rings. The molecule has 24 heavy (non-hydrogen) atoms. The molecule has 0 unspecified atom stereocenters. The van der Waals surface area contributed by atoms with E-state index in [9.17, 15) is 9.59 Å². The van der Waals surface area contributed by atoms with Gasteiger partial charge in [-0.05, 0) is 38.4 Å². The van der Waals surface area contributed by atoms with Crippen molar-refractivity contribution in [1.82, 2.24) is 15.2 Å². The molecule has 0 aliphatic carbocycles. The minimum absolute atomic E-state index is 0.267. The fourth-order valence-corrected chi connectivity index (χ4v) is 1.95. The number of anilines is 2. The number of para-hydroxylation sites is 2. The average molecular weight is 327 g/mol. The number of amides is 2. The van der Waals surface area contributed by atoms with Gasteiger partial charge in [0.2, 0.25) is 0 Å². The molecular formula is C17H21N5O2. The smallest absolute Gasteiger partial charge is 0.269 e. The highest BCUT2D eigenvalue weighted by atomic mass is 16.2. The summed E-state index contributed by atoms with van der Waals surface area (Å²) in [6.45, 7) is 1.27. The molecule has 0 aliphatic heterocycles. The van der Waals surface area contributed by atoms with Crippen LogP contribution >= 0.6 is 0 Å². The molecular weight excluding hydrogens is 306 g/mol. The van der Waals surface area contributed by atoms with Crippen molar-refractivity contribution in [3.8, 4) is 0 Å². The molecule has 4 N–H and O–H groups in total. The number of carbonyl (C=O) groups is 2. The normalized spacial score (nSPS) is 10.5. The summed E-state index contributed by atoms with van der Waals surface area (Å²) in [5.74, 6) is -0.601. The number of nitrogen functional groups attached to an aromatic ring is 1. The Labute approximate surface area is 140 Å². The molecule has 2 rings (SSSR count). The number of hydrogen-bond donors (Lipinski definition) is 3. The van der Waals surface area contributed by atoms with Gasteiger partial charge in [-0.25, -0.2) is 0 Å². The Morgan fingerprint density at radius 3 is 2.50 bits per heavy atom. The molecule has 0 bridgehead atoms. The lowest BCUT2D eigenvalue weighted by molar-refractivity contribution is 0.0944. The summed E-state index contributed by atoms with van der Waals surface area (Å²) in [5.41, 5.74) is 7.43.